The highest BCUT2D eigenvalue weighted by molar-refractivity contribution is 5.74. The molecule has 0 aliphatic rings. The standard InChI is InChI=1S/C11H23NO2/c1-3-4-5-6-7-8-9-14-11(13)10(2)12/h10H,3-9,12H2,1-2H3/t10-/m0/s1. The topological polar surface area (TPSA) is 52.3 Å². The highest BCUT2D eigenvalue weighted by atomic mass is 16.5. The van der Waals surface area contributed by atoms with E-state index in [4.69, 9.17) is 10.5 Å². The molecule has 0 bridgehead atoms. The van der Waals surface area contributed by atoms with Crippen LogP contribution in [0.2, 0.25) is 0 Å². The molecule has 0 amide bonds. The number of nitrogens with two attached hydrogens (primary N) is 1. The summed E-state index contributed by atoms with van der Waals surface area (Å²) in [4.78, 5) is 10.9. The molecule has 0 aromatic heterocycles. The molecule has 0 saturated heterocycles. The molecule has 0 aromatic carbocycles. The molecular weight excluding hydrogens is 178 g/mol. The summed E-state index contributed by atoms with van der Waals surface area (Å²) in [6.07, 6.45) is 7.20. The van der Waals surface area contributed by atoms with E-state index in [9.17, 15) is 4.79 Å². The van der Waals surface area contributed by atoms with Crippen molar-refractivity contribution in [2.24, 2.45) is 5.73 Å². The van der Waals surface area contributed by atoms with Crippen LogP contribution >= 0.6 is 0 Å². The fourth-order valence-corrected chi connectivity index (χ4v) is 1.19. The maximum absolute atomic E-state index is 10.9. The van der Waals surface area contributed by atoms with E-state index in [2.05, 4.69) is 6.92 Å². The number of ether oxygens (including phenoxy) is 1. The Bertz CT molecular complexity index is 146. The van der Waals surface area contributed by atoms with Crippen molar-refractivity contribution in [2.45, 2.75) is 58.4 Å². The van der Waals surface area contributed by atoms with Gasteiger partial charge in [-0.05, 0) is 13.3 Å². The van der Waals surface area contributed by atoms with Gasteiger partial charge in [-0.15, -0.1) is 0 Å². The Morgan fingerprint density at radius 1 is 1.21 bits per heavy atom. The molecule has 0 saturated carbocycles. The summed E-state index contributed by atoms with van der Waals surface area (Å²) in [7, 11) is 0. The van der Waals surface area contributed by atoms with Crippen LogP contribution in [-0.4, -0.2) is 18.6 Å². The summed E-state index contributed by atoms with van der Waals surface area (Å²) < 4.78 is 4.95. The predicted octanol–water partition coefficient (Wildman–Crippen LogP) is 2.24. The highest BCUT2D eigenvalue weighted by Crippen LogP contribution is 2.04. The molecular formula is C11H23NO2. The van der Waals surface area contributed by atoms with E-state index in [0.717, 1.165) is 12.8 Å². The second kappa shape index (κ2) is 9.00. The lowest BCUT2D eigenvalue weighted by atomic mass is 10.1. The second-order valence-electron chi connectivity index (χ2n) is 3.72. The number of unbranched alkanes of at least 4 members (excludes halogenated alkanes) is 5. The summed E-state index contributed by atoms with van der Waals surface area (Å²) in [5.41, 5.74) is 5.34. The molecule has 1 atom stereocenters. The molecule has 14 heavy (non-hydrogen) atoms. The molecule has 3 heteroatoms. The highest BCUT2D eigenvalue weighted by Gasteiger charge is 2.07. The van der Waals surface area contributed by atoms with Crippen LogP contribution in [0, 0.1) is 0 Å². The van der Waals surface area contributed by atoms with Crippen molar-refractivity contribution in [1.82, 2.24) is 0 Å². The summed E-state index contributed by atoms with van der Waals surface area (Å²) in [6.45, 7) is 4.36. The fraction of sp³-hybridized carbons (Fsp3) is 0.909. The second-order valence-corrected chi connectivity index (χ2v) is 3.72. The van der Waals surface area contributed by atoms with Crippen molar-refractivity contribution in [3.05, 3.63) is 0 Å². The first-order valence-electron chi connectivity index (χ1n) is 5.60. The van der Waals surface area contributed by atoms with E-state index in [0.29, 0.717) is 6.61 Å². The van der Waals surface area contributed by atoms with Crippen LogP contribution in [0.25, 0.3) is 0 Å². The summed E-state index contributed by atoms with van der Waals surface area (Å²) in [5, 5.41) is 0. The summed E-state index contributed by atoms with van der Waals surface area (Å²) in [6, 6.07) is -0.491. The Hall–Kier alpha value is -0.570. The van der Waals surface area contributed by atoms with Gasteiger partial charge in [-0.3, -0.25) is 4.79 Å². The molecule has 0 aromatic rings. The van der Waals surface area contributed by atoms with Gasteiger partial charge < -0.3 is 10.5 Å². The lowest BCUT2D eigenvalue weighted by molar-refractivity contribution is -0.144. The minimum atomic E-state index is -0.491. The molecule has 3 nitrogen and oxygen atoms in total. The van der Waals surface area contributed by atoms with E-state index in [-0.39, 0.29) is 5.97 Å². The minimum Gasteiger partial charge on any atom is -0.465 e. The number of carbonyl (C=O) groups is 1. The Balaban J connectivity index is 3.10. The minimum absolute atomic E-state index is 0.293. The third kappa shape index (κ3) is 8.05. The van der Waals surface area contributed by atoms with Crippen molar-refractivity contribution >= 4 is 5.97 Å². The number of carbonyl (C=O) groups excluding carboxylic acids is 1. The monoisotopic (exact) mass is 201 g/mol. The van der Waals surface area contributed by atoms with Gasteiger partial charge in [0.1, 0.15) is 6.04 Å². The van der Waals surface area contributed by atoms with Gasteiger partial charge in [0.25, 0.3) is 0 Å². The molecule has 2 N–H and O–H groups in total. The van der Waals surface area contributed by atoms with Crippen LogP contribution in [0.4, 0.5) is 0 Å². The summed E-state index contributed by atoms with van der Waals surface area (Å²) in [5.74, 6) is -0.293. The average molecular weight is 201 g/mol. The van der Waals surface area contributed by atoms with E-state index < -0.39 is 6.04 Å². The van der Waals surface area contributed by atoms with Gasteiger partial charge in [0.2, 0.25) is 0 Å². The van der Waals surface area contributed by atoms with Crippen LogP contribution in [0.3, 0.4) is 0 Å². The van der Waals surface area contributed by atoms with Crippen molar-refractivity contribution in [3.8, 4) is 0 Å². The van der Waals surface area contributed by atoms with E-state index in [1.807, 2.05) is 0 Å². The van der Waals surface area contributed by atoms with Crippen molar-refractivity contribution in [3.63, 3.8) is 0 Å². The zero-order valence-electron chi connectivity index (χ0n) is 9.42. The Labute approximate surface area is 87.0 Å². The third-order valence-electron chi connectivity index (χ3n) is 2.11. The van der Waals surface area contributed by atoms with Gasteiger partial charge in [0.15, 0.2) is 0 Å². The van der Waals surface area contributed by atoms with Crippen molar-refractivity contribution in [1.29, 1.82) is 0 Å². The first-order chi connectivity index (χ1) is 6.68. The predicted molar refractivity (Wildman–Crippen MR) is 58.0 cm³/mol. The van der Waals surface area contributed by atoms with Crippen LogP contribution < -0.4 is 5.73 Å². The molecule has 0 rings (SSSR count). The number of rotatable bonds is 8. The number of hydrogen-bond acceptors (Lipinski definition) is 3. The molecule has 0 heterocycles. The van der Waals surface area contributed by atoms with Crippen LogP contribution in [0.5, 0.6) is 0 Å². The average Bonchev–Trinajstić information content (AvgIpc) is 2.16. The SMILES string of the molecule is CCCCCCCCOC(=O)[C@H](C)N. The fourth-order valence-electron chi connectivity index (χ4n) is 1.19. The Kier molecular flexibility index (Phi) is 8.64. The van der Waals surface area contributed by atoms with E-state index >= 15 is 0 Å². The largest absolute Gasteiger partial charge is 0.465 e. The van der Waals surface area contributed by atoms with Gasteiger partial charge in [0, 0.05) is 0 Å². The zero-order valence-corrected chi connectivity index (χ0v) is 9.42. The van der Waals surface area contributed by atoms with Crippen molar-refractivity contribution < 1.29 is 9.53 Å². The molecule has 0 radical (unpaired) electrons. The van der Waals surface area contributed by atoms with Gasteiger partial charge in [-0.1, -0.05) is 39.0 Å². The van der Waals surface area contributed by atoms with Crippen molar-refractivity contribution in [2.75, 3.05) is 6.61 Å². The first kappa shape index (κ1) is 13.4. The van der Waals surface area contributed by atoms with Crippen LogP contribution in [0.1, 0.15) is 52.4 Å². The van der Waals surface area contributed by atoms with Crippen LogP contribution in [0.15, 0.2) is 0 Å². The first-order valence-corrected chi connectivity index (χ1v) is 5.60. The van der Waals surface area contributed by atoms with Gasteiger partial charge >= 0.3 is 5.97 Å². The number of esters is 1. The molecule has 0 aliphatic heterocycles. The van der Waals surface area contributed by atoms with E-state index in [1.54, 1.807) is 6.92 Å². The molecule has 0 unspecified atom stereocenters. The normalized spacial score (nSPS) is 12.5. The lowest BCUT2D eigenvalue weighted by Crippen LogP contribution is -2.28. The van der Waals surface area contributed by atoms with Gasteiger partial charge in [-0.25, -0.2) is 0 Å². The molecule has 0 fully saturated rings. The van der Waals surface area contributed by atoms with Crippen LogP contribution in [-0.2, 0) is 9.53 Å². The zero-order chi connectivity index (χ0) is 10.8. The smallest absolute Gasteiger partial charge is 0.322 e. The molecule has 84 valence electrons. The maximum Gasteiger partial charge on any atom is 0.322 e. The van der Waals surface area contributed by atoms with E-state index in [1.165, 1.54) is 25.7 Å². The van der Waals surface area contributed by atoms with Gasteiger partial charge in [-0.2, -0.15) is 0 Å². The molecule has 0 spiro atoms. The lowest BCUT2D eigenvalue weighted by Gasteiger charge is -2.06. The third-order valence-corrected chi connectivity index (χ3v) is 2.11. The number of hydrogen-bond donors (Lipinski definition) is 1. The Morgan fingerprint density at radius 3 is 2.36 bits per heavy atom. The van der Waals surface area contributed by atoms with Gasteiger partial charge in [0.05, 0.1) is 6.61 Å². The molecule has 0 aliphatic carbocycles. The summed E-state index contributed by atoms with van der Waals surface area (Å²) >= 11 is 0. The quantitative estimate of drug-likeness (QED) is 0.484. The maximum atomic E-state index is 10.9. The Morgan fingerprint density at radius 2 is 1.79 bits per heavy atom.